The number of carboxylic acid groups (broad SMARTS) is 1. The van der Waals surface area contributed by atoms with Gasteiger partial charge in [-0.2, -0.15) is 0 Å². The Hall–Kier alpha value is -2.02. The molecular weight excluding hydrogens is 413 g/mol. The summed E-state index contributed by atoms with van der Waals surface area (Å²) in [6.45, 7) is 2.53. The Morgan fingerprint density at radius 2 is 2.10 bits per heavy atom. The molecule has 2 aromatic carbocycles. The van der Waals surface area contributed by atoms with Gasteiger partial charge < -0.3 is 19.2 Å². The SMILES string of the molecule is COC(C)c1cc(F)cc2c1c(Sc1ccc(Cl)cc1)c1n2CCC1CC(=O)[O-]. The Morgan fingerprint density at radius 3 is 2.76 bits per heavy atom. The normalized spacial score (nSPS) is 16.9. The average molecular weight is 433 g/mol. The molecule has 0 saturated carbocycles. The van der Waals surface area contributed by atoms with E-state index in [0.717, 1.165) is 32.0 Å². The Balaban J connectivity index is 1.96. The number of ether oxygens (including phenoxy) is 1. The fourth-order valence-corrected chi connectivity index (χ4v) is 5.43. The first-order chi connectivity index (χ1) is 13.9. The third-order valence-corrected chi connectivity index (χ3v) is 6.86. The average Bonchev–Trinajstić information content (AvgIpc) is 3.21. The van der Waals surface area contributed by atoms with Gasteiger partial charge in [-0.15, -0.1) is 0 Å². The lowest BCUT2D eigenvalue weighted by Gasteiger charge is -2.16. The minimum absolute atomic E-state index is 0.0534. The van der Waals surface area contributed by atoms with Crippen LogP contribution in [0.25, 0.3) is 10.9 Å². The number of hydrogen-bond acceptors (Lipinski definition) is 4. The van der Waals surface area contributed by atoms with E-state index in [2.05, 4.69) is 4.57 Å². The molecule has 0 bridgehead atoms. The van der Waals surface area contributed by atoms with Crippen LogP contribution in [0.1, 0.15) is 43.0 Å². The number of nitrogens with zero attached hydrogens (tertiary/aromatic N) is 1. The predicted molar refractivity (Wildman–Crippen MR) is 110 cm³/mol. The van der Waals surface area contributed by atoms with Crippen molar-refractivity contribution in [2.45, 2.75) is 48.1 Å². The topological polar surface area (TPSA) is 54.3 Å². The van der Waals surface area contributed by atoms with E-state index < -0.39 is 5.97 Å². The molecule has 0 radical (unpaired) electrons. The minimum atomic E-state index is -1.08. The molecule has 0 fully saturated rings. The van der Waals surface area contributed by atoms with Crippen LogP contribution in [-0.2, 0) is 16.1 Å². The molecule has 29 heavy (non-hydrogen) atoms. The fourth-order valence-electron chi connectivity index (χ4n) is 4.09. The fraction of sp³-hybridized carbons (Fsp3) is 0.318. The lowest BCUT2D eigenvalue weighted by Crippen LogP contribution is -2.24. The van der Waals surface area contributed by atoms with Crippen LogP contribution >= 0.6 is 23.4 Å². The van der Waals surface area contributed by atoms with Crippen molar-refractivity contribution in [1.82, 2.24) is 4.57 Å². The van der Waals surface area contributed by atoms with E-state index in [9.17, 15) is 14.3 Å². The molecule has 0 aliphatic carbocycles. The van der Waals surface area contributed by atoms with E-state index in [1.807, 2.05) is 31.2 Å². The van der Waals surface area contributed by atoms with E-state index >= 15 is 0 Å². The van der Waals surface area contributed by atoms with Crippen LogP contribution in [0.2, 0.25) is 5.02 Å². The summed E-state index contributed by atoms with van der Waals surface area (Å²) in [7, 11) is 1.59. The van der Waals surface area contributed by atoms with Crippen molar-refractivity contribution in [3.05, 3.63) is 58.5 Å². The molecule has 0 saturated heterocycles. The molecule has 7 heteroatoms. The van der Waals surface area contributed by atoms with Crippen LogP contribution in [0, 0.1) is 5.82 Å². The number of aromatic nitrogens is 1. The van der Waals surface area contributed by atoms with Crippen LogP contribution in [0.3, 0.4) is 0 Å². The van der Waals surface area contributed by atoms with Crippen molar-refractivity contribution in [2.75, 3.05) is 7.11 Å². The van der Waals surface area contributed by atoms with E-state index in [0.29, 0.717) is 18.0 Å². The first-order valence-corrected chi connectivity index (χ1v) is 10.6. The number of carboxylic acids is 1. The standard InChI is InChI=1S/C22H21ClFNO3S/c1-12(28-2)17-10-15(24)11-18-20(17)22(29-16-5-3-14(23)4-6-16)21-13(9-19(26)27)7-8-25(18)21/h3-6,10-13H,7-9H2,1-2H3,(H,26,27)/p-1. The number of hydrogen-bond donors (Lipinski definition) is 0. The van der Waals surface area contributed by atoms with Crippen molar-refractivity contribution < 1.29 is 19.0 Å². The summed E-state index contributed by atoms with van der Waals surface area (Å²) < 4.78 is 22.0. The molecule has 1 aliphatic heterocycles. The van der Waals surface area contributed by atoms with E-state index in [4.69, 9.17) is 16.3 Å². The molecule has 4 nitrogen and oxygen atoms in total. The second kappa shape index (κ2) is 8.01. The second-order valence-corrected chi connectivity index (χ2v) is 8.77. The van der Waals surface area contributed by atoms with Gasteiger partial charge in [0.1, 0.15) is 5.82 Å². The molecular formula is C22H20ClFNO3S-. The van der Waals surface area contributed by atoms with Crippen LogP contribution in [-0.4, -0.2) is 17.6 Å². The number of benzene rings is 2. The summed E-state index contributed by atoms with van der Waals surface area (Å²) in [4.78, 5) is 13.3. The van der Waals surface area contributed by atoms with Crippen molar-refractivity contribution in [3.8, 4) is 0 Å². The van der Waals surface area contributed by atoms with Gasteiger partial charge in [0, 0.05) is 51.4 Å². The lowest BCUT2D eigenvalue weighted by molar-refractivity contribution is -0.306. The Kier molecular flexibility index (Phi) is 5.60. The number of aliphatic carboxylic acids is 1. The monoisotopic (exact) mass is 432 g/mol. The quantitative estimate of drug-likeness (QED) is 0.554. The van der Waals surface area contributed by atoms with Crippen molar-refractivity contribution in [2.24, 2.45) is 0 Å². The largest absolute Gasteiger partial charge is 0.550 e. The minimum Gasteiger partial charge on any atom is -0.550 e. The van der Waals surface area contributed by atoms with Crippen molar-refractivity contribution >= 4 is 40.2 Å². The van der Waals surface area contributed by atoms with Crippen molar-refractivity contribution in [3.63, 3.8) is 0 Å². The van der Waals surface area contributed by atoms with E-state index in [1.54, 1.807) is 18.9 Å². The summed E-state index contributed by atoms with van der Waals surface area (Å²) in [6.07, 6.45) is 0.335. The first kappa shape index (κ1) is 20.3. The molecule has 2 unspecified atom stereocenters. The molecule has 1 aromatic heterocycles. The van der Waals surface area contributed by atoms with Gasteiger partial charge >= 0.3 is 0 Å². The Labute approximate surface area is 177 Å². The zero-order chi connectivity index (χ0) is 20.7. The second-order valence-electron chi connectivity index (χ2n) is 7.25. The number of aryl methyl sites for hydroxylation is 1. The number of carbonyl (C=O) groups is 1. The van der Waals surface area contributed by atoms with Gasteiger partial charge in [-0.25, -0.2) is 4.39 Å². The number of rotatable bonds is 6. The van der Waals surface area contributed by atoms with Crippen LogP contribution in [0.4, 0.5) is 4.39 Å². The van der Waals surface area contributed by atoms with Gasteiger partial charge in [0.2, 0.25) is 0 Å². The van der Waals surface area contributed by atoms with Crippen LogP contribution < -0.4 is 5.11 Å². The van der Waals surface area contributed by atoms with Gasteiger partial charge in [-0.1, -0.05) is 23.4 Å². The lowest BCUT2D eigenvalue weighted by atomic mass is 9.98. The third kappa shape index (κ3) is 3.77. The first-order valence-electron chi connectivity index (χ1n) is 9.40. The maximum Gasteiger partial charge on any atom is 0.125 e. The Morgan fingerprint density at radius 1 is 1.38 bits per heavy atom. The smallest absolute Gasteiger partial charge is 0.125 e. The highest BCUT2D eigenvalue weighted by atomic mass is 35.5. The molecule has 152 valence electrons. The van der Waals surface area contributed by atoms with E-state index in [1.165, 1.54) is 12.1 Å². The number of carbonyl (C=O) groups excluding carboxylic acids is 1. The maximum absolute atomic E-state index is 14.5. The number of fused-ring (bicyclic) bond motifs is 3. The molecule has 3 aromatic rings. The molecule has 4 rings (SSSR count). The van der Waals surface area contributed by atoms with Crippen LogP contribution in [0.15, 0.2) is 46.2 Å². The molecule has 1 aliphatic rings. The van der Waals surface area contributed by atoms with E-state index in [-0.39, 0.29) is 24.3 Å². The Bertz CT molecular complexity index is 1080. The van der Waals surface area contributed by atoms with Crippen LogP contribution in [0.5, 0.6) is 0 Å². The van der Waals surface area contributed by atoms with Crippen molar-refractivity contribution in [1.29, 1.82) is 0 Å². The number of halogens is 2. The molecule has 2 atom stereocenters. The summed E-state index contributed by atoms with van der Waals surface area (Å²) in [5, 5.41) is 12.9. The van der Waals surface area contributed by atoms with Gasteiger partial charge in [0.15, 0.2) is 0 Å². The highest BCUT2D eigenvalue weighted by Gasteiger charge is 2.32. The molecule has 0 N–H and O–H groups in total. The van der Waals surface area contributed by atoms with Gasteiger partial charge in [0.25, 0.3) is 0 Å². The molecule has 0 amide bonds. The zero-order valence-corrected chi connectivity index (χ0v) is 17.6. The summed E-state index contributed by atoms with van der Waals surface area (Å²) in [5.41, 5.74) is 2.46. The highest BCUT2D eigenvalue weighted by Crippen LogP contribution is 2.48. The summed E-state index contributed by atoms with van der Waals surface area (Å²) in [6, 6.07) is 10.5. The van der Waals surface area contributed by atoms with Gasteiger partial charge in [-0.3, -0.25) is 0 Å². The number of methoxy groups -OCH3 is 1. The maximum atomic E-state index is 14.5. The summed E-state index contributed by atoms with van der Waals surface area (Å²) >= 11 is 7.57. The zero-order valence-electron chi connectivity index (χ0n) is 16.1. The molecule has 0 spiro atoms. The molecule has 2 heterocycles. The summed E-state index contributed by atoms with van der Waals surface area (Å²) in [5.74, 6) is -1.58. The highest BCUT2D eigenvalue weighted by molar-refractivity contribution is 7.99. The van der Waals surface area contributed by atoms with Gasteiger partial charge in [0.05, 0.1) is 11.6 Å². The van der Waals surface area contributed by atoms with Gasteiger partial charge in [-0.05, 0) is 61.7 Å². The predicted octanol–water partition coefficient (Wildman–Crippen LogP) is 4.92. The third-order valence-electron chi connectivity index (χ3n) is 5.48.